The molecule has 1 aromatic rings. The minimum Gasteiger partial charge on any atom is -0.371 e. The van der Waals surface area contributed by atoms with E-state index in [1.54, 1.807) is 13.0 Å². The molecule has 15 heavy (non-hydrogen) atoms. The van der Waals surface area contributed by atoms with Crippen LogP contribution >= 0.6 is 11.6 Å². The SMILES string of the molecule is Cc1cc(Cl)c(C2CNCCO2)cc1F. The molecule has 1 fully saturated rings. The molecule has 1 unspecified atom stereocenters. The largest absolute Gasteiger partial charge is 0.371 e. The van der Waals surface area contributed by atoms with Gasteiger partial charge in [0.05, 0.1) is 12.7 Å². The third-order valence-corrected chi connectivity index (χ3v) is 2.88. The van der Waals surface area contributed by atoms with E-state index < -0.39 is 0 Å². The van der Waals surface area contributed by atoms with Gasteiger partial charge >= 0.3 is 0 Å². The summed E-state index contributed by atoms with van der Waals surface area (Å²) in [6.07, 6.45) is -0.138. The molecule has 0 amide bonds. The van der Waals surface area contributed by atoms with E-state index >= 15 is 0 Å². The second-order valence-electron chi connectivity index (χ2n) is 3.69. The number of hydrogen-bond acceptors (Lipinski definition) is 2. The summed E-state index contributed by atoms with van der Waals surface area (Å²) in [6, 6.07) is 3.11. The Balaban J connectivity index is 2.30. The highest BCUT2D eigenvalue weighted by Gasteiger charge is 2.19. The predicted octanol–water partition coefficient (Wildman–Crippen LogP) is 2.45. The normalized spacial score (nSPS) is 21.7. The van der Waals surface area contributed by atoms with Gasteiger partial charge in [0, 0.05) is 23.7 Å². The number of morpholine rings is 1. The zero-order chi connectivity index (χ0) is 10.8. The van der Waals surface area contributed by atoms with Gasteiger partial charge in [-0.25, -0.2) is 4.39 Å². The van der Waals surface area contributed by atoms with Crippen LogP contribution in [0.3, 0.4) is 0 Å². The van der Waals surface area contributed by atoms with Crippen LogP contribution in [0.2, 0.25) is 5.02 Å². The van der Waals surface area contributed by atoms with Crippen molar-refractivity contribution in [1.29, 1.82) is 0 Å². The van der Waals surface area contributed by atoms with Gasteiger partial charge in [0.25, 0.3) is 0 Å². The second kappa shape index (κ2) is 4.47. The van der Waals surface area contributed by atoms with Crippen molar-refractivity contribution >= 4 is 11.6 Å². The van der Waals surface area contributed by atoms with Crippen molar-refractivity contribution in [2.45, 2.75) is 13.0 Å². The highest BCUT2D eigenvalue weighted by atomic mass is 35.5. The maximum Gasteiger partial charge on any atom is 0.126 e. The second-order valence-corrected chi connectivity index (χ2v) is 4.09. The first-order chi connectivity index (χ1) is 7.18. The lowest BCUT2D eigenvalue weighted by molar-refractivity contribution is 0.0276. The van der Waals surface area contributed by atoms with E-state index in [4.69, 9.17) is 16.3 Å². The third kappa shape index (κ3) is 2.30. The maximum absolute atomic E-state index is 13.4. The fourth-order valence-corrected chi connectivity index (χ4v) is 2.01. The first kappa shape index (κ1) is 10.9. The minimum absolute atomic E-state index is 0.138. The lowest BCUT2D eigenvalue weighted by Gasteiger charge is -2.25. The molecule has 1 aliphatic rings. The first-order valence-corrected chi connectivity index (χ1v) is 5.34. The van der Waals surface area contributed by atoms with Gasteiger partial charge in [-0.2, -0.15) is 0 Å². The van der Waals surface area contributed by atoms with Gasteiger partial charge in [-0.05, 0) is 24.6 Å². The Bertz CT molecular complexity index is 364. The van der Waals surface area contributed by atoms with Gasteiger partial charge in [0.2, 0.25) is 0 Å². The van der Waals surface area contributed by atoms with Crippen molar-refractivity contribution in [1.82, 2.24) is 5.32 Å². The number of aryl methyl sites for hydroxylation is 1. The van der Waals surface area contributed by atoms with Crippen molar-refractivity contribution in [2.24, 2.45) is 0 Å². The van der Waals surface area contributed by atoms with Gasteiger partial charge in [-0.1, -0.05) is 11.6 Å². The molecule has 82 valence electrons. The predicted molar refractivity (Wildman–Crippen MR) is 57.7 cm³/mol. The van der Waals surface area contributed by atoms with Crippen LogP contribution in [0.4, 0.5) is 4.39 Å². The van der Waals surface area contributed by atoms with E-state index in [0.717, 1.165) is 12.1 Å². The van der Waals surface area contributed by atoms with Crippen LogP contribution in [0.25, 0.3) is 0 Å². The first-order valence-electron chi connectivity index (χ1n) is 4.96. The van der Waals surface area contributed by atoms with Crippen LogP contribution in [0.15, 0.2) is 12.1 Å². The molecule has 2 nitrogen and oxygen atoms in total. The molecule has 0 aliphatic carbocycles. The summed E-state index contributed by atoms with van der Waals surface area (Å²) in [7, 11) is 0. The Morgan fingerprint density at radius 1 is 1.53 bits per heavy atom. The molecule has 0 bridgehead atoms. The molecule has 4 heteroatoms. The van der Waals surface area contributed by atoms with Crippen molar-refractivity contribution in [3.8, 4) is 0 Å². The summed E-state index contributed by atoms with van der Waals surface area (Å²) in [4.78, 5) is 0. The molecule has 1 heterocycles. The Hall–Kier alpha value is -0.640. The topological polar surface area (TPSA) is 21.3 Å². The van der Waals surface area contributed by atoms with E-state index in [9.17, 15) is 4.39 Å². The summed E-state index contributed by atoms with van der Waals surface area (Å²) in [5, 5.41) is 3.76. The number of nitrogens with one attached hydrogen (secondary N) is 1. The van der Waals surface area contributed by atoms with Gasteiger partial charge < -0.3 is 10.1 Å². The highest BCUT2D eigenvalue weighted by Crippen LogP contribution is 2.28. The van der Waals surface area contributed by atoms with E-state index in [1.165, 1.54) is 6.07 Å². The lowest BCUT2D eigenvalue weighted by Crippen LogP contribution is -2.33. The Morgan fingerprint density at radius 2 is 2.33 bits per heavy atom. The third-order valence-electron chi connectivity index (χ3n) is 2.55. The van der Waals surface area contributed by atoms with E-state index in [-0.39, 0.29) is 11.9 Å². The molecule has 1 N–H and O–H groups in total. The fraction of sp³-hybridized carbons (Fsp3) is 0.455. The van der Waals surface area contributed by atoms with Crippen LogP contribution in [0, 0.1) is 12.7 Å². The number of rotatable bonds is 1. The van der Waals surface area contributed by atoms with Crippen molar-refractivity contribution in [3.63, 3.8) is 0 Å². The molecule has 1 saturated heterocycles. The lowest BCUT2D eigenvalue weighted by atomic mass is 10.1. The van der Waals surface area contributed by atoms with Crippen molar-refractivity contribution < 1.29 is 9.13 Å². The Kier molecular flexibility index (Phi) is 3.24. The van der Waals surface area contributed by atoms with Crippen molar-refractivity contribution in [3.05, 3.63) is 34.1 Å². The van der Waals surface area contributed by atoms with E-state index in [0.29, 0.717) is 23.7 Å². The quantitative estimate of drug-likeness (QED) is 0.799. The number of halogens is 2. The molecular weight excluding hydrogens is 217 g/mol. The number of ether oxygens (including phenoxy) is 1. The molecule has 0 saturated carbocycles. The molecule has 1 aliphatic heterocycles. The average molecular weight is 230 g/mol. The van der Waals surface area contributed by atoms with Crippen LogP contribution < -0.4 is 5.32 Å². The molecule has 0 spiro atoms. The minimum atomic E-state index is -0.233. The van der Waals surface area contributed by atoms with E-state index in [2.05, 4.69) is 5.32 Å². The zero-order valence-electron chi connectivity index (χ0n) is 8.52. The molecule has 0 radical (unpaired) electrons. The van der Waals surface area contributed by atoms with Gasteiger partial charge in [0.15, 0.2) is 0 Å². The van der Waals surface area contributed by atoms with Gasteiger partial charge in [0.1, 0.15) is 5.82 Å². The molecule has 0 aromatic heterocycles. The summed E-state index contributed by atoms with van der Waals surface area (Å²) >= 11 is 6.06. The zero-order valence-corrected chi connectivity index (χ0v) is 9.27. The molecule has 2 rings (SSSR count). The van der Waals surface area contributed by atoms with Gasteiger partial charge in [-0.3, -0.25) is 0 Å². The summed E-state index contributed by atoms with van der Waals surface area (Å²) in [5.74, 6) is -0.233. The standard InChI is InChI=1S/C11H13ClFNO/c1-7-4-9(12)8(5-10(7)13)11-6-14-2-3-15-11/h4-5,11,14H,2-3,6H2,1H3. The molecule has 1 aromatic carbocycles. The van der Waals surface area contributed by atoms with Crippen LogP contribution in [0.1, 0.15) is 17.2 Å². The molecular formula is C11H13ClFNO. The smallest absolute Gasteiger partial charge is 0.126 e. The van der Waals surface area contributed by atoms with Crippen molar-refractivity contribution in [2.75, 3.05) is 19.7 Å². The van der Waals surface area contributed by atoms with Crippen LogP contribution in [-0.4, -0.2) is 19.7 Å². The van der Waals surface area contributed by atoms with Crippen LogP contribution in [0.5, 0.6) is 0 Å². The highest BCUT2D eigenvalue weighted by molar-refractivity contribution is 6.31. The average Bonchev–Trinajstić information content (AvgIpc) is 2.25. The van der Waals surface area contributed by atoms with Gasteiger partial charge in [-0.15, -0.1) is 0 Å². The summed E-state index contributed by atoms with van der Waals surface area (Å²) in [5.41, 5.74) is 1.29. The number of benzene rings is 1. The molecule has 1 atom stereocenters. The monoisotopic (exact) mass is 229 g/mol. The van der Waals surface area contributed by atoms with Crippen LogP contribution in [-0.2, 0) is 4.74 Å². The summed E-state index contributed by atoms with van der Waals surface area (Å²) in [6.45, 7) is 3.85. The Morgan fingerprint density at radius 3 is 3.00 bits per heavy atom. The van der Waals surface area contributed by atoms with E-state index in [1.807, 2.05) is 0 Å². The number of hydrogen-bond donors (Lipinski definition) is 1. The summed E-state index contributed by atoms with van der Waals surface area (Å²) < 4.78 is 18.9. The maximum atomic E-state index is 13.4. The fourth-order valence-electron chi connectivity index (χ4n) is 1.67. The Labute approximate surface area is 93.4 Å².